The number of halogens is 1. The fourth-order valence-electron chi connectivity index (χ4n) is 2.81. The van der Waals surface area contributed by atoms with Crippen molar-refractivity contribution in [3.05, 3.63) is 48.0 Å². The van der Waals surface area contributed by atoms with E-state index in [-0.39, 0.29) is 18.8 Å². The molecule has 0 saturated heterocycles. The third kappa shape index (κ3) is 2.84. The Balaban J connectivity index is 1.43. The van der Waals surface area contributed by atoms with Crippen molar-refractivity contribution in [3.8, 4) is 17.2 Å². The normalized spacial score (nSPS) is 21.6. The van der Waals surface area contributed by atoms with Crippen LogP contribution in [0.3, 0.4) is 0 Å². The molecule has 0 spiro atoms. The van der Waals surface area contributed by atoms with Crippen LogP contribution < -0.4 is 14.2 Å². The summed E-state index contributed by atoms with van der Waals surface area (Å²) in [6.07, 6.45) is 4.25. The molecule has 1 aromatic carbocycles. The molecule has 0 fully saturated rings. The molecule has 2 aliphatic heterocycles. The van der Waals surface area contributed by atoms with Gasteiger partial charge in [-0.1, -0.05) is 6.07 Å². The zero-order valence-electron chi connectivity index (χ0n) is 12.3. The molecule has 0 N–H and O–H groups in total. The largest absolute Gasteiger partial charge is 0.493 e. The van der Waals surface area contributed by atoms with Gasteiger partial charge in [0.1, 0.15) is 5.75 Å². The van der Waals surface area contributed by atoms with Crippen LogP contribution in [0.1, 0.15) is 18.0 Å². The first-order valence-corrected chi connectivity index (χ1v) is 7.45. The predicted molar refractivity (Wildman–Crippen MR) is 81.6 cm³/mol. The molecule has 2 aliphatic rings. The fraction of sp³-hybridized carbons (Fsp3) is 0.294. The SMILES string of the molecule is Fc1ccc(C2N=CCC2COc2ccc3c(c2)OCO3)cn1. The highest BCUT2D eigenvalue weighted by Crippen LogP contribution is 2.36. The Morgan fingerprint density at radius 3 is 2.96 bits per heavy atom. The molecule has 2 unspecified atom stereocenters. The molecule has 2 aromatic rings. The summed E-state index contributed by atoms with van der Waals surface area (Å²) in [6.45, 7) is 0.760. The summed E-state index contributed by atoms with van der Waals surface area (Å²) in [5.41, 5.74) is 0.902. The van der Waals surface area contributed by atoms with E-state index in [1.54, 1.807) is 6.07 Å². The Labute approximate surface area is 132 Å². The van der Waals surface area contributed by atoms with Crippen LogP contribution in [-0.2, 0) is 0 Å². The number of nitrogens with zero attached hydrogens (tertiary/aromatic N) is 2. The van der Waals surface area contributed by atoms with Crippen LogP contribution >= 0.6 is 0 Å². The van der Waals surface area contributed by atoms with Gasteiger partial charge in [0, 0.05) is 18.2 Å². The maximum Gasteiger partial charge on any atom is 0.231 e. The molecule has 118 valence electrons. The summed E-state index contributed by atoms with van der Waals surface area (Å²) in [6, 6.07) is 8.56. The molecule has 1 aromatic heterocycles. The number of pyridine rings is 1. The standard InChI is InChI=1S/C17H15FN2O3/c18-16-4-1-11(8-20-16)17-12(5-6-19-17)9-21-13-2-3-14-15(7-13)23-10-22-14/h1-4,6-8,12,17H,5,9-10H2. The van der Waals surface area contributed by atoms with E-state index in [1.807, 2.05) is 24.4 Å². The minimum atomic E-state index is -0.483. The Bertz CT molecular complexity index is 733. The van der Waals surface area contributed by atoms with Crippen LogP contribution in [0.15, 0.2) is 41.5 Å². The summed E-state index contributed by atoms with van der Waals surface area (Å²) >= 11 is 0. The lowest BCUT2D eigenvalue weighted by Gasteiger charge is -2.19. The lowest BCUT2D eigenvalue weighted by molar-refractivity contribution is 0.173. The Morgan fingerprint density at radius 1 is 1.17 bits per heavy atom. The second kappa shape index (κ2) is 5.87. The predicted octanol–water partition coefficient (Wildman–Crippen LogP) is 3.16. The first kappa shape index (κ1) is 14.0. The Morgan fingerprint density at radius 2 is 2.09 bits per heavy atom. The summed E-state index contributed by atoms with van der Waals surface area (Å²) in [7, 11) is 0. The average molecular weight is 314 g/mol. The summed E-state index contributed by atoms with van der Waals surface area (Å²) in [5, 5.41) is 0. The second-order valence-corrected chi connectivity index (χ2v) is 5.51. The minimum absolute atomic E-state index is 0.0443. The lowest BCUT2D eigenvalue weighted by Crippen LogP contribution is -2.16. The van der Waals surface area contributed by atoms with Crippen molar-refractivity contribution < 1.29 is 18.6 Å². The van der Waals surface area contributed by atoms with Crippen molar-refractivity contribution in [2.24, 2.45) is 10.9 Å². The number of fused-ring (bicyclic) bond motifs is 1. The van der Waals surface area contributed by atoms with E-state index >= 15 is 0 Å². The summed E-state index contributed by atoms with van der Waals surface area (Å²) in [4.78, 5) is 8.18. The molecular weight excluding hydrogens is 299 g/mol. The molecule has 0 bridgehead atoms. The summed E-state index contributed by atoms with van der Waals surface area (Å²) < 4.78 is 29.5. The molecule has 2 atom stereocenters. The van der Waals surface area contributed by atoms with Crippen molar-refractivity contribution in [1.82, 2.24) is 4.98 Å². The van der Waals surface area contributed by atoms with Crippen LogP contribution in [0.2, 0.25) is 0 Å². The molecule has 0 amide bonds. The van der Waals surface area contributed by atoms with Crippen LogP contribution in [0.4, 0.5) is 4.39 Å². The van der Waals surface area contributed by atoms with Crippen molar-refractivity contribution in [1.29, 1.82) is 0 Å². The first-order valence-electron chi connectivity index (χ1n) is 7.45. The number of rotatable bonds is 4. The quantitative estimate of drug-likeness (QED) is 0.814. The second-order valence-electron chi connectivity index (χ2n) is 5.51. The van der Waals surface area contributed by atoms with E-state index in [0.717, 1.165) is 23.5 Å². The van der Waals surface area contributed by atoms with Gasteiger partial charge in [0.2, 0.25) is 12.7 Å². The molecule has 6 heteroatoms. The van der Waals surface area contributed by atoms with Gasteiger partial charge in [-0.05, 0) is 36.4 Å². The minimum Gasteiger partial charge on any atom is -0.493 e. The fourth-order valence-corrected chi connectivity index (χ4v) is 2.81. The Hall–Kier alpha value is -2.63. The maximum atomic E-state index is 13.0. The van der Waals surface area contributed by atoms with Gasteiger partial charge in [0.15, 0.2) is 11.5 Å². The van der Waals surface area contributed by atoms with Crippen molar-refractivity contribution >= 4 is 6.21 Å². The van der Waals surface area contributed by atoms with Gasteiger partial charge in [-0.3, -0.25) is 4.99 Å². The first-order chi connectivity index (χ1) is 11.3. The van der Waals surface area contributed by atoms with Crippen molar-refractivity contribution in [2.45, 2.75) is 12.5 Å². The van der Waals surface area contributed by atoms with Gasteiger partial charge in [-0.2, -0.15) is 4.39 Å². The van der Waals surface area contributed by atoms with E-state index in [0.29, 0.717) is 12.4 Å². The number of hydrogen-bond donors (Lipinski definition) is 0. The lowest BCUT2D eigenvalue weighted by atomic mass is 9.95. The van der Waals surface area contributed by atoms with Gasteiger partial charge in [-0.15, -0.1) is 0 Å². The van der Waals surface area contributed by atoms with Gasteiger partial charge < -0.3 is 14.2 Å². The van der Waals surface area contributed by atoms with E-state index in [9.17, 15) is 4.39 Å². The third-order valence-corrected chi connectivity index (χ3v) is 4.02. The van der Waals surface area contributed by atoms with E-state index in [2.05, 4.69) is 9.98 Å². The highest BCUT2D eigenvalue weighted by Gasteiger charge is 2.27. The van der Waals surface area contributed by atoms with Gasteiger partial charge in [-0.25, -0.2) is 4.98 Å². The molecule has 3 heterocycles. The highest BCUT2D eigenvalue weighted by atomic mass is 19.1. The molecular formula is C17H15FN2O3. The molecule has 0 aliphatic carbocycles. The molecule has 23 heavy (non-hydrogen) atoms. The smallest absolute Gasteiger partial charge is 0.231 e. The number of benzene rings is 1. The van der Waals surface area contributed by atoms with Crippen LogP contribution in [0.5, 0.6) is 17.2 Å². The molecule has 0 radical (unpaired) electrons. The molecule has 4 rings (SSSR count). The van der Waals surface area contributed by atoms with E-state index in [4.69, 9.17) is 14.2 Å². The third-order valence-electron chi connectivity index (χ3n) is 4.02. The number of hydrogen-bond acceptors (Lipinski definition) is 5. The molecule has 5 nitrogen and oxygen atoms in total. The van der Waals surface area contributed by atoms with Gasteiger partial charge >= 0.3 is 0 Å². The van der Waals surface area contributed by atoms with Crippen LogP contribution in [-0.4, -0.2) is 24.6 Å². The van der Waals surface area contributed by atoms with Crippen molar-refractivity contribution in [2.75, 3.05) is 13.4 Å². The number of aromatic nitrogens is 1. The average Bonchev–Trinajstić information content (AvgIpc) is 3.22. The topological polar surface area (TPSA) is 52.9 Å². The van der Waals surface area contributed by atoms with Crippen LogP contribution in [0.25, 0.3) is 0 Å². The van der Waals surface area contributed by atoms with E-state index < -0.39 is 5.95 Å². The van der Waals surface area contributed by atoms with Crippen molar-refractivity contribution in [3.63, 3.8) is 0 Å². The zero-order valence-corrected chi connectivity index (χ0v) is 12.3. The van der Waals surface area contributed by atoms with Gasteiger partial charge in [0.25, 0.3) is 0 Å². The highest BCUT2D eigenvalue weighted by molar-refractivity contribution is 5.61. The summed E-state index contributed by atoms with van der Waals surface area (Å²) in [5.74, 6) is 1.88. The number of ether oxygens (including phenoxy) is 3. The van der Waals surface area contributed by atoms with E-state index in [1.165, 1.54) is 12.3 Å². The molecule has 0 saturated carbocycles. The van der Waals surface area contributed by atoms with Crippen LogP contribution in [0, 0.1) is 11.9 Å². The number of aliphatic imine (C=N–C) groups is 1. The monoisotopic (exact) mass is 314 g/mol. The maximum absolute atomic E-state index is 13.0. The Kier molecular flexibility index (Phi) is 3.57. The van der Waals surface area contributed by atoms with Gasteiger partial charge in [0.05, 0.1) is 12.6 Å². The zero-order chi connectivity index (χ0) is 15.6.